The lowest BCUT2D eigenvalue weighted by Gasteiger charge is -1.93. The number of fused-ring (bicyclic) bond motifs is 1. The standard InChI is InChI=1S/C8H8N2O/c1-6-2-3-7-5-9-10(11)8(7)4-6/h2-5,11H,1H3. The molecule has 3 heteroatoms. The van der Waals surface area contributed by atoms with Crippen molar-refractivity contribution < 1.29 is 5.21 Å². The fourth-order valence-corrected chi connectivity index (χ4v) is 1.12. The maximum atomic E-state index is 9.14. The Morgan fingerprint density at radius 2 is 2.27 bits per heavy atom. The van der Waals surface area contributed by atoms with Crippen molar-refractivity contribution in [3.63, 3.8) is 0 Å². The quantitative estimate of drug-likeness (QED) is 0.576. The Morgan fingerprint density at radius 1 is 1.45 bits per heavy atom. The van der Waals surface area contributed by atoms with Crippen molar-refractivity contribution in [3.05, 3.63) is 30.0 Å². The summed E-state index contributed by atoms with van der Waals surface area (Å²) in [5, 5.41) is 13.8. The van der Waals surface area contributed by atoms with Gasteiger partial charge in [-0.15, -0.1) is 9.94 Å². The second kappa shape index (κ2) is 1.99. The topological polar surface area (TPSA) is 38.0 Å². The van der Waals surface area contributed by atoms with Crippen LogP contribution in [0, 0.1) is 6.92 Å². The first-order valence-electron chi connectivity index (χ1n) is 3.41. The molecule has 3 nitrogen and oxygen atoms in total. The molecule has 2 aromatic rings. The number of hydrogen-bond acceptors (Lipinski definition) is 2. The monoisotopic (exact) mass is 148 g/mol. The molecule has 0 atom stereocenters. The predicted molar refractivity (Wildman–Crippen MR) is 41.7 cm³/mol. The molecule has 0 spiro atoms. The molecule has 0 saturated heterocycles. The average molecular weight is 148 g/mol. The normalized spacial score (nSPS) is 10.6. The van der Waals surface area contributed by atoms with Gasteiger partial charge in [0.25, 0.3) is 0 Å². The van der Waals surface area contributed by atoms with E-state index < -0.39 is 0 Å². The van der Waals surface area contributed by atoms with Crippen molar-refractivity contribution in [3.8, 4) is 0 Å². The number of aryl methyl sites for hydroxylation is 1. The summed E-state index contributed by atoms with van der Waals surface area (Å²) >= 11 is 0. The third-order valence-corrected chi connectivity index (χ3v) is 1.71. The van der Waals surface area contributed by atoms with Gasteiger partial charge in [-0.3, -0.25) is 0 Å². The Labute approximate surface area is 63.8 Å². The van der Waals surface area contributed by atoms with Crippen LogP contribution in [0.2, 0.25) is 0 Å². The van der Waals surface area contributed by atoms with Crippen LogP contribution >= 0.6 is 0 Å². The molecule has 11 heavy (non-hydrogen) atoms. The molecule has 0 radical (unpaired) electrons. The second-order valence-electron chi connectivity index (χ2n) is 2.60. The first-order chi connectivity index (χ1) is 5.27. The van der Waals surface area contributed by atoms with Crippen LogP contribution in [0.15, 0.2) is 24.4 Å². The highest BCUT2D eigenvalue weighted by Crippen LogP contribution is 2.13. The van der Waals surface area contributed by atoms with E-state index in [-0.39, 0.29) is 0 Å². The van der Waals surface area contributed by atoms with Crippen LogP contribution in [0.3, 0.4) is 0 Å². The summed E-state index contributed by atoms with van der Waals surface area (Å²) in [7, 11) is 0. The molecular weight excluding hydrogens is 140 g/mol. The van der Waals surface area contributed by atoms with Crippen molar-refractivity contribution in [1.82, 2.24) is 9.94 Å². The van der Waals surface area contributed by atoms with E-state index in [1.165, 1.54) is 0 Å². The summed E-state index contributed by atoms with van der Waals surface area (Å²) in [4.78, 5) is 0.891. The molecular formula is C8H8N2O. The molecule has 0 amide bonds. The Kier molecular flexibility index (Phi) is 1.12. The lowest BCUT2D eigenvalue weighted by atomic mass is 10.2. The van der Waals surface area contributed by atoms with Gasteiger partial charge in [0.1, 0.15) is 5.52 Å². The van der Waals surface area contributed by atoms with E-state index in [0.717, 1.165) is 21.3 Å². The molecule has 0 aliphatic rings. The summed E-state index contributed by atoms with van der Waals surface area (Å²) in [5.74, 6) is 0. The van der Waals surface area contributed by atoms with E-state index in [9.17, 15) is 0 Å². The highest BCUT2D eigenvalue weighted by Gasteiger charge is 1.98. The lowest BCUT2D eigenvalue weighted by molar-refractivity contribution is 0.161. The smallest absolute Gasteiger partial charge is 0.110 e. The lowest BCUT2D eigenvalue weighted by Crippen LogP contribution is -1.90. The summed E-state index contributed by atoms with van der Waals surface area (Å²) in [6.45, 7) is 1.98. The van der Waals surface area contributed by atoms with Crippen LogP contribution < -0.4 is 0 Å². The van der Waals surface area contributed by atoms with E-state index in [4.69, 9.17) is 5.21 Å². The van der Waals surface area contributed by atoms with Gasteiger partial charge >= 0.3 is 0 Å². The van der Waals surface area contributed by atoms with Crippen LogP contribution in [0.5, 0.6) is 0 Å². The molecule has 0 saturated carbocycles. The Bertz CT molecular complexity index is 392. The zero-order chi connectivity index (χ0) is 7.84. The zero-order valence-electron chi connectivity index (χ0n) is 6.15. The molecule has 1 aromatic heterocycles. The number of nitrogens with zero attached hydrogens (tertiary/aromatic N) is 2. The largest absolute Gasteiger partial charge is 0.411 e. The summed E-state index contributed by atoms with van der Waals surface area (Å²) < 4.78 is 0. The van der Waals surface area contributed by atoms with Gasteiger partial charge in [-0.25, -0.2) is 0 Å². The summed E-state index contributed by atoms with van der Waals surface area (Å²) in [6, 6.07) is 5.82. The minimum atomic E-state index is 0.755. The first kappa shape index (κ1) is 6.22. The van der Waals surface area contributed by atoms with E-state index in [2.05, 4.69) is 5.10 Å². The van der Waals surface area contributed by atoms with Crippen LogP contribution in [-0.2, 0) is 0 Å². The van der Waals surface area contributed by atoms with E-state index >= 15 is 0 Å². The Balaban J connectivity index is 2.87. The SMILES string of the molecule is Cc1ccc2cnn(O)c2c1. The molecule has 0 bridgehead atoms. The molecule has 56 valence electrons. The van der Waals surface area contributed by atoms with Crippen molar-refractivity contribution >= 4 is 10.9 Å². The molecule has 0 unspecified atom stereocenters. The van der Waals surface area contributed by atoms with E-state index in [1.807, 2.05) is 25.1 Å². The van der Waals surface area contributed by atoms with Gasteiger partial charge in [-0.2, -0.15) is 0 Å². The van der Waals surface area contributed by atoms with Gasteiger partial charge < -0.3 is 5.21 Å². The summed E-state index contributed by atoms with van der Waals surface area (Å²) in [5.41, 5.74) is 1.87. The molecule has 0 aliphatic carbocycles. The fraction of sp³-hybridized carbons (Fsp3) is 0.125. The number of aromatic nitrogens is 2. The van der Waals surface area contributed by atoms with Crippen molar-refractivity contribution in [2.75, 3.05) is 0 Å². The second-order valence-corrected chi connectivity index (χ2v) is 2.60. The van der Waals surface area contributed by atoms with Gasteiger partial charge in [0.2, 0.25) is 0 Å². The van der Waals surface area contributed by atoms with Gasteiger partial charge in [-0.05, 0) is 18.6 Å². The fourth-order valence-electron chi connectivity index (χ4n) is 1.12. The first-order valence-corrected chi connectivity index (χ1v) is 3.41. The Morgan fingerprint density at radius 3 is 3.09 bits per heavy atom. The highest BCUT2D eigenvalue weighted by atomic mass is 16.5. The van der Waals surface area contributed by atoms with Crippen LogP contribution in [0.25, 0.3) is 10.9 Å². The molecule has 1 aromatic carbocycles. The predicted octanol–water partition coefficient (Wildman–Crippen LogP) is 1.58. The third kappa shape index (κ3) is 0.852. The van der Waals surface area contributed by atoms with Crippen LogP contribution in [-0.4, -0.2) is 15.2 Å². The highest BCUT2D eigenvalue weighted by molar-refractivity contribution is 5.78. The van der Waals surface area contributed by atoms with Crippen LogP contribution in [0.4, 0.5) is 0 Å². The maximum absolute atomic E-state index is 9.14. The minimum Gasteiger partial charge on any atom is -0.411 e. The third-order valence-electron chi connectivity index (χ3n) is 1.71. The van der Waals surface area contributed by atoms with Crippen LogP contribution in [0.1, 0.15) is 5.56 Å². The van der Waals surface area contributed by atoms with Gasteiger partial charge in [-0.1, -0.05) is 12.1 Å². The van der Waals surface area contributed by atoms with Crippen molar-refractivity contribution in [2.45, 2.75) is 6.92 Å². The molecule has 2 rings (SSSR count). The average Bonchev–Trinajstić information content (AvgIpc) is 2.33. The van der Waals surface area contributed by atoms with E-state index in [0.29, 0.717) is 0 Å². The number of rotatable bonds is 0. The Hall–Kier alpha value is -1.51. The molecule has 0 fully saturated rings. The molecule has 1 heterocycles. The van der Waals surface area contributed by atoms with E-state index in [1.54, 1.807) is 6.20 Å². The zero-order valence-corrected chi connectivity index (χ0v) is 6.15. The van der Waals surface area contributed by atoms with Gasteiger partial charge in [0, 0.05) is 5.39 Å². The summed E-state index contributed by atoms with van der Waals surface area (Å²) in [6.07, 6.45) is 1.63. The minimum absolute atomic E-state index is 0.755. The number of benzene rings is 1. The maximum Gasteiger partial charge on any atom is 0.110 e. The molecule has 0 aliphatic heterocycles. The van der Waals surface area contributed by atoms with Crippen molar-refractivity contribution in [1.29, 1.82) is 0 Å². The molecule has 1 N–H and O–H groups in total. The van der Waals surface area contributed by atoms with Gasteiger partial charge in [0.05, 0.1) is 6.20 Å². The van der Waals surface area contributed by atoms with Gasteiger partial charge in [0.15, 0.2) is 0 Å². The van der Waals surface area contributed by atoms with Crippen molar-refractivity contribution in [2.24, 2.45) is 0 Å². The number of hydrogen-bond donors (Lipinski definition) is 1.